The monoisotopic (exact) mass is 379 g/mol. The van der Waals surface area contributed by atoms with Gasteiger partial charge in [0.1, 0.15) is 21.0 Å². The van der Waals surface area contributed by atoms with Gasteiger partial charge in [-0.2, -0.15) is 5.26 Å². The van der Waals surface area contributed by atoms with Gasteiger partial charge in [0.2, 0.25) is 0 Å². The first-order valence-corrected chi connectivity index (χ1v) is 7.86. The van der Waals surface area contributed by atoms with E-state index < -0.39 is 22.5 Å². The molecule has 0 radical (unpaired) electrons. The van der Waals surface area contributed by atoms with Crippen molar-refractivity contribution in [1.29, 1.82) is 5.26 Å². The molecule has 1 N–H and O–H groups in total. The van der Waals surface area contributed by atoms with Crippen molar-refractivity contribution in [2.24, 2.45) is 0 Å². The molecule has 2 aromatic rings. The molecule has 0 fully saturated rings. The normalized spacial score (nSPS) is 10.0. The molecule has 0 spiro atoms. The second-order valence-electron chi connectivity index (χ2n) is 4.74. The highest BCUT2D eigenvalue weighted by Crippen LogP contribution is 2.33. The molecule has 1 heterocycles. The molecule has 25 heavy (non-hydrogen) atoms. The van der Waals surface area contributed by atoms with Gasteiger partial charge in [-0.3, -0.25) is 14.9 Å². The van der Waals surface area contributed by atoms with Crippen LogP contribution in [0.15, 0.2) is 18.2 Å². The van der Waals surface area contributed by atoms with Gasteiger partial charge in [-0.15, -0.1) is 11.3 Å². The van der Waals surface area contributed by atoms with Crippen LogP contribution in [0.25, 0.3) is 0 Å². The topological polar surface area (TPSA) is 122 Å². The van der Waals surface area contributed by atoms with Crippen LogP contribution < -0.4 is 5.32 Å². The van der Waals surface area contributed by atoms with Gasteiger partial charge in [0.15, 0.2) is 0 Å². The number of hydrogen-bond acceptors (Lipinski definition) is 7. The van der Waals surface area contributed by atoms with E-state index in [0.717, 1.165) is 17.4 Å². The molecular formula is C15H10ClN3O5S. The molecule has 0 saturated heterocycles. The number of nitro benzene ring substituents is 1. The Morgan fingerprint density at radius 2 is 2.12 bits per heavy atom. The third-order valence-electron chi connectivity index (χ3n) is 3.26. The largest absolute Gasteiger partial charge is 0.465 e. The summed E-state index contributed by atoms with van der Waals surface area (Å²) in [6, 6.07) is 5.50. The van der Waals surface area contributed by atoms with Gasteiger partial charge in [-0.25, -0.2) is 4.79 Å². The molecule has 1 aromatic carbocycles. The zero-order valence-electron chi connectivity index (χ0n) is 13.0. The number of nitrogens with one attached hydrogen (secondary N) is 1. The maximum atomic E-state index is 12.3. The molecule has 0 bridgehead atoms. The Bertz CT molecular complexity index is 932. The van der Waals surface area contributed by atoms with Crippen LogP contribution in [-0.4, -0.2) is 23.9 Å². The number of nitrogens with zero attached hydrogens (tertiary/aromatic N) is 2. The average Bonchev–Trinajstić information content (AvgIpc) is 2.89. The van der Waals surface area contributed by atoms with Crippen LogP contribution in [-0.2, 0) is 4.74 Å². The number of anilines is 1. The second kappa shape index (κ2) is 7.29. The minimum Gasteiger partial charge on any atom is -0.465 e. The Morgan fingerprint density at radius 1 is 1.44 bits per heavy atom. The van der Waals surface area contributed by atoms with Crippen LogP contribution >= 0.6 is 22.9 Å². The number of thiophene rings is 1. The summed E-state index contributed by atoms with van der Waals surface area (Å²) >= 11 is 6.60. The quantitative estimate of drug-likeness (QED) is 0.492. The first-order chi connectivity index (χ1) is 11.8. The summed E-state index contributed by atoms with van der Waals surface area (Å²) in [6.45, 7) is 1.56. The van der Waals surface area contributed by atoms with Crippen LogP contribution in [0.5, 0.6) is 0 Å². The van der Waals surface area contributed by atoms with Crippen molar-refractivity contribution >= 4 is 45.5 Å². The molecule has 0 saturated carbocycles. The highest BCUT2D eigenvalue weighted by atomic mass is 35.5. The molecule has 10 heteroatoms. The first-order valence-electron chi connectivity index (χ1n) is 6.67. The summed E-state index contributed by atoms with van der Waals surface area (Å²) in [5.41, 5.74) is 0.0945. The smallest absolute Gasteiger partial charge is 0.348 e. The Hall–Kier alpha value is -2.96. The maximum Gasteiger partial charge on any atom is 0.348 e. The van der Waals surface area contributed by atoms with Crippen LogP contribution in [0.3, 0.4) is 0 Å². The number of ether oxygens (including phenoxy) is 1. The zero-order chi connectivity index (χ0) is 18.7. The van der Waals surface area contributed by atoms with Crippen molar-refractivity contribution in [3.63, 3.8) is 0 Å². The minimum absolute atomic E-state index is 0.00865. The predicted molar refractivity (Wildman–Crippen MR) is 91.2 cm³/mol. The van der Waals surface area contributed by atoms with E-state index in [0.29, 0.717) is 5.56 Å². The van der Waals surface area contributed by atoms with Crippen molar-refractivity contribution in [3.8, 4) is 6.07 Å². The predicted octanol–water partition coefficient (Wildman–Crippen LogP) is 3.53. The standard InChI is InChI=1S/C15H10ClN3O5S/c1-7-9(6-17)14(25-12(7)15(21)24-2)18-13(20)8-3-4-10(16)11(5-8)19(22)23/h3-5H,1-2H3,(H,18,20). The number of methoxy groups -OCH3 is 1. The third-order valence-corrected chi connectivity index (χ3v) is 4.77. The lowest BCUT2D eigenvalue weighted by atomic mass is 10.1. The van der Waals surface area contributed by atoms with E-state index in [9.17, 15) is 25.0 Å². The number of amides is 1. The number of rotatable bonds is 4. The van der Waals surface area contributed by atoms with E-state index in [1.807, 2.05) is 6.07 Å². The van der Waals surface area contributed by atoms with Crippen LogP contribution in [0.4, 0.5) is 10.7 Å². The third kappa shape index (κ3) is 3.60. The van der Waals surface area contributed by atoms with Crippen LogP contribution in [0, 0.1) is 28.4 Å². The van der Waals surface area contributed by atoms with E-state index in [1.54, 1.807) is 6.92 Å². The number of esters is 1. The van der Waals surface area contributed by atoms with E-state index >= 15 is 0 Å². The summed E-state index contributed by atoms with van der Waals surface area (Å²) in [6.07, 6.45) is 0. The number of hydrogen-bond donors (Lipinski definition) is 1. The highest BCUT2D eigenvalue weighted by molar-refractivity contribution is 7.18. The lowest BCUT2D eigenvalue weighted by molar-refractivity contribution is -0.384. The van der Waals surface area contributed by atoms with Crippen LogP contribution in [0.1, 0.15) is 31.2 Å². The molecule has 1 amide bonds. The molecule has 128 valence electrons. The lowest BCUT2D eigenvalue weighted by Gasteiger charge is -2.04. The fourth-order valence-corrected chi connectivity index (χ4v) is 3.25. The van der Waals surface area contributed by atoms with Crippen LogP contribution in [0.2, 0.25) is 5.02 Å². The Kier molecular flexibility index (Phi) is 5.36. The SMILES string of the molecule is COC(=O)c1sc(NC(=O)c2ccc(Cl)c([N+](=O)[O-])c2)c(C#N)c1C. The summed E-state index contributed by atoms with van der Waals surface area (Å²) < 4.78 is 4.63. The zero-order valence-corrected chi connectivity index (χ0v) is 14.5. The number of carbonyl (C=O) groups is 2. The van der Waals surface area contributed by atoms with Crippen molar-refractivity contribution in [3.05, 3.63) is 54.9 Å². The number of nitriles is 1. The maximum absolute atomic E-state index is 12.3. The van der Waals surface area contributed by atoms with E-state index in [4.69, 9.17) is 11.6 Å². The number of benzene rings is 1. The minimum atomic E-state index is -0.704. The van der Waals surface area contributed by atoms with E-state index in [2.05, 4.69) is 10.1 Å². The van der Waals surface area contributed by atoms with Crippen molar-refractivity contribution in [1.82, 2.24) is 0 Å². The fraction of sp³-hybridized carbons (Fsp3) is 0.133. The van der Waals surface area contributed by atoms with Gasteiger partial charge >= 0.3 is 5.97 Å². The molecule has 0 aliphatic carbocycles. The van der Waals surface area contributed by atoms with Gasteiger partial charge in [0.25, 0.3) is 11.6 Å². The molecule has 0 atom stereocenters. The molecule has 1 aromatic heterocycles. The van der Waals surface area contributed by atoms with E-state index in [-0.39, 0.29) is 26.0 Å². The molecule has 8 nitrogen and oxygen atoms in total. The van der Waals surface area contributed by atoms with Gasteiger partial charge in [0.05, 0.1) is 17.6 Å². The Labute approximate surface area is 150 Å². The van der Waals surface area contributed by atoms with Gasteiger partial charge < -0.3 is 10.1 Å². The van der Waals surface area contributed by atoms with E-state index in [1.165, 1.54) is 19.2 Å². The Balaban J connectivity index is 2.39. The van der Waals surface area contributed by atoms with Gasteiger partial charge in [-0.1, -0.05) is 11.6 Å². The molecule has 2 rings (SSSR count). The fourth-order valence-electron chi connectivity index (χ4n) is 1.99. The summed E-state index contributed by atoms with van der Waals surface area (Å²) in [5.74, 6) is -1.30. The molecule has 0 aliphatic rings. The molecule has 0 aliphatic heterocycles. The average molecular weight is 380 g/mol. The number of halogens is 1. The van der Waals surface area contributed by atoms with Crippen molar-refractivity contribution in [2.75, 3.05) is 12.4 Å². The van der Waals surface area contributed by atoms with Gasteiger partial charge in [-0.05, 0) is 24.6 Å². The van der Waals surface area contributed by atoms with Gasteiger partial charge in [0, 0.05) is 11.6 Å². The molecular weight excluding hydrogens is 370 g/mol. The summed E-state index contributed by atoms with van der Waals surface area (Å²) in [4.78, 5) is 34.4. The number of carbonyl (C=O) groups excluding carboxylic acids is 2. The number of nitro groups is 1. The molecule has 0 unspecified atom stereocenters. The Morgan fingerprint density at radius 3 is 2.68 bits per heavy atom. The highest BCUT2D eigenvalue weighted by Gasteiger charge is 2.23. The first kappa shape index (κ1) is 18.4. The van der Waals surface area contributed by atoms with Crippen molar-refractivity contribution < 1.29 is 19.2 Å². The summed E-state index contributed by atoms with van der Waals surface area (Å²) in [5, 5.41) is 22.7. The lowest BCUT2D eigenvalue weighted by Crippen LogP contribution is -2.12. The summed E-state index contributed by atoms with van der Waals surface area (Å²) in [7, 11) is 1.21. The van der Waals surface area contributed by atoms with Crippen molar-refractivity contribution in [2.45, 2.75) is 6.92 Å². The second-order valence-corrected chi connectivity index (χ2v) is 6.17.